The fraction of sp³-hybridized carbons (Fsp3) is 0.200. The first-order chi connectivity index (χ1) is 12.8. The molecule has 1 saturated carbocycles. The van der Waals surface area contributed by atoms with Gasteiger partial charge in [0.2, 0.25) is 11.7 Å². The van der Waals surface area contributed by atoms with Gasteiger partial charge in [-0.1, -0.05) is 17.3 Å². The summed E-state index contributed by atoms with van der Waals surface area (Å²) in [6.45, 7) is 0. The van der Waals surface area contributed by atoms with Crippen LogP contribution < -0.4 is 4.74 Å². The standard InChI is InChI=1S/C20H16N4O2/c1-25-18-11-15(8-9-21-18)20-23-19(24-26-20)17-7-5-14-10-13(12-2-3-12)4-6-16(14)22-17/h4-12H,2-3H2,1H3. The van der Waals surface area contributed by atoms with Crippen molar-refractivity contribution in [2.24, 2.45) is 0 Å². The van der Waals surface area contributed by atoms with Crippen LogP contribution in [0.4, 0.5) is 0 Å². The first-order valence-corrected chi connectivity index (χ1v) is 8.55. The molecule has 0 amide bonds. The molecule has 6 heteroatoms. The molecule has 0 spiro atoms. The number of methoxy groups -OCH3 is 1. The molecule has 6 nitrogen and oxygen atoms in total. The van der Waals surface area contributed by atoms with Crippen LogP contribution in [0.5, 0.6) is 5.88 Å². The summed E-state index contributed by atoms with van der Waals surface area (Å²) >= 11 is 0. The van der Waals surface area contributed by atoms with Crippen molar-refractivity contribution in [1.29, 1.82) is 0 Å². The maximum Gasteiger partial charge on any atom is 0.258 e. The Labute approximate surface area is 149 Å². The molecule has 1 aromatic carbocycles. The molecule has 0 atom stereocenters. The molecular formula is C20H16N4O2. The van der Waals surface area contributed by atoms with Crippen molar-refractivity contribution < 1.29 is 9.26 Å². The molecule has 1 aliphatic rings. The van der Waals surface area contributed by atoms with Crippen LogP contribution in [0.15, 0.2) is 53.2 Å². The van der Waals surface area contributed by atoms with Crippen molar-refractivity contribution >= 4 is 10.9 Å². The van der Waals surface area contributed by atoms with E-state index >= 15 is 0 Å². The van der Waals surface area contributed by atoms with Gasteiger partial charge in [0.05, 0.1) is 12.6 Å². The molecular weight excluding hydrogens is 328 g/mol. The van der Waals surface area contributed by atoms with Gasteiger partial charge in [0.15, 0.2) is 0 Å². The summed E-state index contributed by atoms with van der Waals surface area (Å²) in [7, 11) is 1.57. The normalized spacial score (nSPS) is 13.9. The maximum atomic E-state index is 5.39. The molecule has 1 aliphatic carbocycles. The number of rotatable bonds is 4. The van der Waals surface area contributed by atoms with E-state index in [0.717, 1.165) is 22.4 Å². The first kappa shape index (κ1) is 15.0. The Morgan fingerprint density at radius 3 is 2.81 bits per heavy atom. The molecule has 3 heterocycles. The summed E-state index contributed by atoms with van der Waals surface area (Å²) in [6, 6.07) is 14.0. The minimum atomic E-state index is 0.409. The lowest BCUT2D eigenvalue weighted by atomic mass is 10.1. The Bertz CT molecular complexity index is 1100. The van der Waals surface area contributed by atoms with E-state index in [1.165, 1.54) is 18.4 Å². The van der Waals surface area contributed by atoms with Crippen LogP contribution in [0.1, 0.15) is 24.3 Å². The van der Waals surface area contributed by atoms with Gasteiger partial charge >= 0.3 is 0 Å². The van der Waals surface area contributed by atoms with Gasteiger partial charge in [-0.25, -0.2) is 9.97 Å². The van der Waals surface area contributed by atoms with Crippen LogP contribution in [0, 0.1) is 0 Å². The Morgan fingerprint density at radius 2 is 1.96 bits per heavy atom. The van der Waals surface area contributed by atoms with E-state index in [1.54, 1.807) is 25.4 Å². The zero-order chi connectivity index (χ0) is 17.5. The lowest BCUT2D eigenvalue weighted by Gasteiger charge is -2.02. The summed E-state index contributed by atoms with van der Waals surface area (Å²) in [5.74, 6) is 2.10. The third-order valence-electron chi connectivity index (χ3n) is 4.61. The summed E-state index contributed by atoms with van der Waals surface area (Å²) in [5, 5.41) is 5.21. The first-order valence-electron chi connectivity index (χ1n) is 8.55. The van der Waals surface area contributed by atoms with E-state index in [1.807, 2.05) is 6.07 Å². The number of fused-ring (bicyclic) bond motifs is 1. The summed E-state index contributed by atoms with van der Waals surface area (Å²) in [4.78, 5) is 13.2. The SMILES string of the molecule is COc1cc(-c2nc(-c3ccc4cc(C5CC5)ccc4n3)no2)ccn1. The predicted molar refractivity (Wildman–Crippen MR) is 96.8 cm³/mol. The van der Waals surface area contributed by atoms with E-state index < -0.39 is 0 Å². The Kier molecular flexibility index (Phi) is 3.41. The van der Waals surface area contributed by atoms with Crippen molar-refractivity contribution in [3.05, 3.63) is 54.2 Å². The van der Waals surface area contributed by atoms with Crippen molar-refractivity contribution in [2.45, 2.75) is 18.8 Å². The highest BCUT2D eigenvalue weighted by Gasteiger charge is 2.23. The number of benzene rings is 1. The molecule has 128 valence electrons. The highest BCUT2D eigenvalue weighted by Crippen LogP contribution is 2.40. The fourth-order valence-electron chi connectivity index (χ4n) is 3.04. The molecule has 0 aliphatic heterocycles. The minimum absolute atomic E-state index is 0.409. The van der Waals surface area contributed by atoms with Gasteiger partial charge in [-0.3, -0.25) is 0 Å². The Hall–Kier alpha value is -3.28. The van der Waals surface area contributed by atoms with Crippen LogP contribution in [0.3, 0.4) is 0 Å². The van der Waals surface area contributed by atoms with Crippen molar-refractivity contribution in [3.63, 3.8) is 0 Å². The molecule has 0 bridgehead atoms. The van der Waals surface area contributed by atoms with Crippen molar-refractivity contribution in [2.75, 3.05) is 7.11 Å². The second kappa shape index (κ2) is 5.91. The van der Waals surface area contributed by atoms with Gasteiger partial charge in [0, 0.05) is 23.2 Å². The second-order valence-electron chi connectivity index (χ2n) is 6.43. The average molecular weight is 344 g/mol. The summed E-state index contributed by atoms with van der Waals surface area (Å²) < 4.78 is 10.5. The third kappa shape index (κ3) is 2.69. The zero-order valence-corrected chi connectivity index (χ0v) is 14.2. The smallest absolute Gasteiger partial charge is 0.258 e. The quantitative estimate of drug-likeness (QED) is 0.551. The zero-order valence-electron chi connectivity index (χ0n) is 14.2. The van der Waals surface area contributed by atoms with Crippen LogP contribution in [-0.4, -0.2) is 27.2 Å². The van der Waals surface area contributed by atoms with E-state index in [0.29, 0.717) is 23.3 Å². The predicted octanol–water partition coefficient (Wildman–Crippen LogP) is 4.23. The molecule has 0 unspecified atom stereocenters. The van der Waals surface area contributed by atoms with E-state index in [2.05, 4.69) is 44.4 Å². The fourth-order valence-corrected chi connectivity index (χ4v) is 3.04. The molecule has 0 N–H and O–H groups in total. The largest absolute Gasteiger partial charge is 0.481 e. The molecule has 1 fully saturated rings. The monoisotopic (exact) mass is 344 g/mol. The van der Waals surface area contributed by atoms with Gasteiger partial charge in [0.25, 0.3) is 5.89 Å². The Balaban J connectivity index is 1.49. The molecule has 0 saturated heterocycles. The molecule has 4 aromatic rings. The highest BCUT2D eigenvalue weighted by molar-refractivity contribution is 5.81. The number of aromatic nitrogens is 4. The number of pyridine rings is 2. The van der Waals surface area contributed by atoms with Crippen LogP contribution in [-0.2, 0) is 0 Å². The van der Waals surface area contributed by atoms with Crippen LogP contribution >= 0.6 is 0 Å². The number of nitrogens with zero attached hydrogens (tertiary/aromatic N) is 4. The maximum absolute atomic E-state index is 5.39. The van der Waals surface area contributed by atoms with Gasteiger partial charge in [-0.15, -0.1) is 0 Å². The van der Waals surface area contributed by atoms with E-state index in [9.17, 15) is 0 Å². The molecule has 3 aromatic heterocycles. The molecule has 5 rings (SSSR count). The van der Waals surface area contributed by atoms with Gasteiger partial charge in [-0.05, 0) is 48.6 Å². The lowest BCUT2D eigenvalue weighted by Crippen LogP contribution is -1.89. The van der Waals surface area contributed by atoms with Crippen LogP contribution in [0.25, 0.3) is 33.9 Å². The van der Waals surface area contributed by atoms with Gasteiger partial charge in [0.1, 0.15) is 5.69 Å². The highest BCUT2D eigenvalue weighted by atomic mass is 16.5. The summed E-state index contributed by atoms with van der Waals surface area (Å²) in [6.07, 6.45) is 4.23. The second-order valence-corrected chi connectivity index (χ2v) is 6.43. The average Bonchev–Trinajstić information content (AvgIpc) is 3.43. The van der Waals surface area contributed by atoms with E-state index in [4.69, 9.17) is 9.26 Å². The van der Waals surface area contributed by atoms with Crippen molar-refractivity contribution in [1.82, 2.24) is 20.1 Å². The number of hydrogen-bond acceptors (Lipinski definition) is 6. The third-order valence-corrected chi connectivity index (χ3v) is 4.61. The number of hydrogen-bond donors (Lipinski definition) is 0. The van der Waals surface area contributed by atoms with Gasteiger partial charge in [-0.2, -0.15) is 4.98 Å². The minimum Gasteiger partial charge on any atom is -0.481 e. The number of ether oxygens (including phenoxy) is 1. The topological polar surface area (TPSA) is 73.9 Å². The Morgan fingerprint density at radius 1 is 1.04 bits per heavy atom. The van der Waals surface area contributed by atoms with Crippen LogP contribution in [0.2, 0.25) is 0 Å². The molecule has 26 heavy (non-hydrogen) atoms. The lowest BCUT2D eigenvalue weighted by molar-refractivity contribution is 0.397. The van der Waals surface area contributed by atoms with Gasteiger partial charge < -0.3 is 9.26 Å². The summed E-state index contributed by atoms with van der Waals surface area (Å²) in [5.41, 5.74) is 3.78. The molecule has 0 radical (unpaired) electrons. The van der Waals surface area contributed by atoms with E-state index in [-0.39, 0.29) is 0 Å². The van der Waals surface area contributed by atoms with Crippen molar-refractivity contribution in [3.8, 4) is 28.9 Å².